The zero-order valence-electron chi connectivity index (χ0n) is 17.7. The smallest absolute Gasteiger partial charge is 0.269 e. The highest BCUT2D eigenvalue weighted by molar-refractivity contribution is 7.89. The van der Waals surface area contributed by atoms with Gasteiger partial charge in [0.05, 0.1) is 4.90 Å². The van der Waals surface area contributed by atoms with E-state index in [0.717, 1.165) is 19.3 Å². The molecule has 10 heteroatoms. The van der Waals surface area contributed by atoms with E-state index in [1.54, 1.807) is 25.1 Å². The number of piperidine rings is 1. The van der Waals surface area contributed by atoms with E-state index in [2.05, 4.69) is 10.9 Å². The Morgan fingerprint density at radius 3 is 2.12 bits per heavy atom. The highest BCUT2D eigenvalue weighted by Gasteiger charge is 2.28. The lowest BCUT2D eigenvalue weighted by molar-refractivity contribution is 0.0846. The number of aryl methyl sites for hydroxylation is 1. The summed E-state index contributed by atoms with van der Waals surface area (Å²) < 4.78 is 38.5. The zero-order chi connectivity index (χ0) is 22.7. The highest BCUT2D eigenvalue weighted by atomic mass is 32.2. The molecule has 0 aliphatic carbocycles. The summed E-state index contributed by atoms with van der Waals surface area (Å²) in [5, 5.41) is 0. The molecule has 2 amide bonds. The van der Waals surface area contributed by atoms with E-state index in [4.69, 9.17) is 9.47 Å². The number of hydrogen-bond donors (Lipinski definition) is 2. The molecular formula is C22H25N3O6S. The average molecular weight is 460 g/mol. The fourth-order valence-electron chi connectivity index (χ4n) is 3.71. The third-order valence-electron chi connectivity index (χ3n) is 5.48. The van der Waals surface area contributed by atoms with E-state index < -0.39 is 21.8 Å². The Labute approximate surface area is 186 Å². The molecule has 9 nitrogen and oxygen atoms in total. The van der Waals surface area contributed by atoms with Crippen LogP contribution in [0.2, 0.25) is 0 Å². The van der Waals surface area contributed by atoms with Gasteiger partial charge < -0.3 is 9.47 Å². The zero-order valence-corrected chi connectivity index (χ0v) is 18.5. The molecule has 0 bridgehead atoms. The van der Waals surface area contributed by atoms with E-state index in [-0.39, 0.29) is 16.0 Å². The third-order valence-corrected chi connectivity index (χ3v) is 7.52. The summed E-state index contributed by atoms with van der Waals surface area (Å²) in [7, 11) is -3.69. The number of carbonyl (C=O) groups excluding carboxylic acids is 2. The van der Waals surface area contributed by atoms with Gasteiger partial charge in [0.25, 0.3) is 11.8 Å². The van der Waals surface area contributed by atoms with Crippen LogP contribution >= 0.6 is 0 Å². The van der Waals surface area contributed by atoms with Crippen LogP contribution in [-0.2, 0) is 10.0 Å². The highest BCUT2D eigenvalue weighted by Crippen LogP contribution is 2.30. The first-order valence-corrected chi connectivity index (χ1v) is 11.9. The second kappa shape index (κ2) is 9.17. The monoisotopic (exact) mass is 459 g/mol. The Morgan fingerprint density at radius 1 is 0.844 bits per heavy atom. The van der Waals surface area contributed by atoms with Gasteiger partial charge in [0.2, 0.25) is 10.0 Å². The molecule has 2 aliphatic heterocycles. The minimum Gasteiger partial charge on any atom is -0.486 e. The topological polar surface area (TPSA) is 114 Å². The fraction of sp³-hybridized carbons (Fsp3) is 0.364. The van der Waals surface area contributed by atoms with Crippen molar-refractivity contribution in [2.24, 2.45) is 0 Å². The SMILES string of the molecule is Cc1ccc(C(=O)NNC(=O)c2ccc3c(c2)OCCO3)cc1S(=O)(=O)N1CCCCC1. The number of hydrogen-bond acceptors (Lipinski definition) is 6. The summed E-state index contributed by atoms with van der Waals surface area (Å²) in [5.74, 6) is -0.144. The van der Waals surface area contributed by atoms with Crippen LogP contribution in [0.25, 0.3) is 0 Å². The standard InChI is InChI=1S/C22H25N3O6S/c1-15-5-6-17(14-20(15)32(28,29)25-9-3-2-4-10-25)22(27)24-23-21(26)16-7-8-18-19(13-16)31-12-11-30-18/h5-8,13-14H,2-4,9-12H2,1H3,(H,23,26)(H,24,27). The Balaban J connectivity index is 1.45. The van der Waals surface area contributed by atoms with Crippen LogP contribution in [0, 0.1) is 6.92 Å². The van der Waals surface area contributed by atoms with Gasteiger partial charge in [-0.25, -0.2) is 8.42 Å². The van der Waals surface area contributed by atoms with Gasteiger partial charge in [-0.15, -0.1) is 0 Å². The van der Waals surface area contributed by atoms with Crippen molar-refractivity contribution in [2.75, 3.05) is 26.3 Å². The summed E-state index contributed by atoms with van der Waals surface area (Å²) in [6, 6.07) is 9.19. The van der Waals surface area contributed by atoms with Gasteiger partial charge in [-0.2, -0.15) is 4.31 Å². The molecule has 2 aliphatic rings. The van der Waals surface area contributed by atoms with Crippen molar-refractivity contribution < 1.29 is 27.5 Å². The summed E-state index contributed by atoms with van der Waals surface area (Å²) in [6.07, 6.45) is 2.66. The molecule has 1 saturated heterocycles. The van der Waals surface area contributed by atoms with Crippen LogP contribution in [0.15, 0.2) is 41.3 Å². The lowest BCUT2D eigenvalue weighted by atomic mass is 10.1. The number of rotatable bonds is 4. The lowest BCUT2D eigenvalue weighted by Crippen LogP contribution is -2.41. The summed E-state index contributed by atoms with van der Waals surface area (Å²) in [6.45, 7) is 3.49. The molecule has 2 heterocycles. The van der Waals surface area contributed by atoms with Gasteiger partial charge in [0, 0.05) is 24.2 Å². The average Bonchev–Trinajstić information content (AvgIpc) is 2.82. The normalized spacial score (nSPS) is 16.3. The molecule has 0 spiro atoms. The first-order chi connectivity index (χ1) is 15.4. The first-order valence-electron chi connectivity index (χ1n) is 10.5. The van der Waals surface area contributed by atoms with E-state index in [9.17, 15) is 18.0 Å². The number of nitrogens with one attached hydrogen (secondary N) is 2. The van der Waals surface area contributed by atoms with Crippen LogP contribution < -0.4 is 20.3 Å². The van der Waals surface area contributed by atoms with Gasteiger partial charge in [-0.05, 0) is 55.7 Å². The number of amides is 2. The molecule has 32 heavy (non-hydrogen) atoms. The van der Waals surface area contributed by atoms with Crippen molar-refractivity contribution >= 4 is 21.8 Å². The molecule has 2 N–H and O–H groups in total. The maximum absolute atomic E-state index is 13.1. The second-order valence-electron chi connectivity index (χ2n) is 7.71. The Kier molecular flexibility index (Phi) is 6.33. The lowest BCUT2D eigenvalue weighted by Gasteiger charge is -2.26. The molecule has 0 unspecified atom stereocenters. The van der Waals surface area contributed by atoms with E-state index >= 15 is 0 Å². The Hall–Kier alpha value is -3.11. The number of ether oxygens (including phenoxy) is 2. The molecule has 0 saturated carbocycles. The van der Waals surface area contributed by atoms with Gasteiger partial charge >= 0.3 is 0 Å². The maximum atomic E-state index is 13.1. The van der Waals surface area contributed by atoms with Gasteiger partial charge in [0.1, 0.15) is 13.2 Å². The van der Waals surface area contributed by atoms with Crippen LogP contribution in [0.4, 0.5) is 0 Å². The molecule has 2 aromatic carbocycles. The summed E-state index contributed by atoms with van der Waals surface area (Å²) >= 11 is 0. The number of sulfonamides is 1. The maximum Gasteiger partial charge on any atom is 0.269 e. The van der Waals surface area contributed by atoms with Crippen LogP contribution in [0.5, 0.6) is 11.5 Å². The number of fused-ring (bicyclic) bond motifs is 1. The van der Waals surface area contributed by atoms with Crippen molar-refractivity contribution in [3.05, 3.63) is 53.1 Å². The summed E-state index contributed by atoms with van der Waals surface area (Å²) in [5.41, 5.74) is 5.66. The van der Waals surface area contributed by atoms with Crippen molar-refractivity contribution in [2.45, 2.75) is 31.1 Å². The minimum absolute atomic E-state index is 0.102. The molecule has 0 aromatic heterocycles. The third kappa shape index (κ3) is 4.56. The minimum atomic E-state index is -3.69. The second-order valence-corrected chi connectivity index (χ2v) is 9.62. The number of nitrogens with zero attached hydrogens (tertiary/aromatic N) is 1. The van der Waals surface area contributed by atoms with Crippen molar-refractivity contribution in [1.29, 1.82) is 0 Å². The predicted octanol–water partition coefficient (Wildman–Crippen LogP) is 2.02. The van der Waals surface area contributed by atoms with Gasteiger partial charge in [-0.1, -0.05) is 12.5 Å². The molecule has 4 rings (SSSR count). The Bertz CT molecular complexity index is 1140. The molecule has 170 valence electrons. The Morgan fingerprint density at radius 2 is 1.44 bits per heavy atom. The van der Waals surface area contributed by atoms with Gasteiger partial charge in [0.15, 0.2) is 11.5 Å². The number of carbonyl (C=O) groups is 2. The number of benzene rings is 2. The van der Waals surface area contributed by atoms with E-state index in [1.165, 1.54) is 22.5 Å². The largest absolute Gasteiger partial charge is 0.486 e. The fourth-order valence-corrected chi connectivity index (χ4v) is 5.47. The van der Waals surface area contributed by atoms with Crippen LogP contribution in [0.3, 0.4) is 0 Å². The molecule has 2 aromatic rings. The van der Waals surface area contributed by atoms with Crippen molar-refractivity contribution in [1.82, 2.24) is 15.2 Å². The molecule has 0 atom stereocenters. The van der Waals surface area contributed by atoms with E-state index in [0.29, 0.717) is 43.4 Å². The molecule has 1 fully saturated rings. The molecular weight excluding hydrogens is 434 g/mol. The summed E-state index contributed by atoms with van der Waals surface area (Å²) in [4.78, 5) is 25.1. The predicted molar refractivity (Wildman–Crippen MR) is 116 cm³/mol. The van der Waals surface area contributed by atoms with Crippen LogP contribution in [-0.4, -0.2) is 50.8 Å². The number of hydrazine groups is 1. The van der Waals surface area contributed by atoms with Crippen molar-refractivity contribution in [3.8, 4) is 11.5 Å². The molecule has 0 radical (unpaired) electrons. The first kappa shape index (κ1) is 22.1. The quantitative estimate of drug-likeness (QED) is 0.676. The van der Waals surface area contributed by atoms with Gasteiger partial charge in [-0.3, -0.25) is 20.4 Å². The van der Waals surface area contributed by atoms with Crippen molar-refractivity contribution in [3.63, 3.8) is 0 Å². The van der Waals surface area contributed by atoms with Crippen LogP contribution in [0.1, 0.15) is 45.5 Å². The van der Waals surface area contributed by atoms with E-state index in [1.807, 2.05) is 0 Å².